The molecule has 0 rings (SSSR count). The number of alkyl halides is 33. The predicted octanol–water partition coefficient (Wildman–Crippen LogP) is 10.7. The van der Waals surface area contributed by atoms with Crippen molar-refractivity contribution in [3.05, 3.63) is 0 Å². The Kier molecular flexibility index (Phi) is 10.6. The lowest BCUT2D eigenvalue weighted by molar-refractivity contribution is -0.488. The van der Waals surface area contributed by atoms with Crippen molar-refractivity contribution in [1.82, 2.24) is 0 Å². The van der Waals surface area contributed by atoms with Crippen molar-refractivity contribution in [3.8, 4) is 0 Å². The van der Waals surface area contributed by atoms with Gasteiger partial charge >= 0.3 is 89.3 Å². The van der Waals surface area contributed by atoms with Gasteiger partial charge in [-0.2, -0.15) is 140 Å². The van der Waals surface area contributed by atoms with E-state index in [1.54, 1.807) is 0 Å². The minimum Gasteiger partial charge on any atom is -0.230 e. The molecule has 0 radical (unpaired) electrons. The first kappa shape index (κ1) is 46.7. The summed E-state index contributed by atoms with van der Waals surface area (Å²) in [6.07, 6.45) is -23.0. The van der Waals surface area contributed by atoms with Gasteiger partial charge in [-0.05, 0) is 0 Å². The first-order chi connectivity index (χ1) is 20.4. The summed E-state index contributed by atoms with van der Waals surface area (Å²) in [6.45, 7) is 0. The van der Waals surface area contributed by atoms with Gasteiger partial charge in [0, 0.05) is 0 Å². The molecule has 1 unspecified atom stereocenters. The maximum Gasteiger partial charge on any atom is 0.460 e. The molecule has 49 heavy (non-hydrogen) atoms. The summed E-state index contributed by atoms with van der Waals surface area (Å²) in [5.74, 6) is -126. The van der Waals surface area contributed by atoms with E-state index >= 15 is 0 Å². The normalized spacial score (nSPS) is 17.8. The summed E-state index contributed by atoms with van der Waals surface area (Å²) in [5.41, 5.74) is 0. The van der Waals surface area contributed by atoms with E-state index in [9.17, 15) is 145 Å². The number of rotatable bonds is 13. The zero-order chi connectivity index (χ0) is 41.1. The van der Waals surface area contributed by atoms with Crippen molar-refractivity contribution in [1.29, 1.82) is 0 Å². The lowest BCUT2D eigenvalue weighted by atomic mass is 9.83. The Labute approximate surface area is 242 Å². The topological polar surface area (TPSA) is 0 Å². The molecular weight excluding hydrogens is 819 g/mol. The molecule has 0 aliphatic carbocycles. The molecule has 0 fully saturated rings. The van der Waals surface area contributed by atoms with Gasteiger partial charge in [-0.3, -0.25) is 0 Å². The van der Waals surface area contributed by atoms with Gasteiger partial charge in [0.05, 0.1) is 0 Å². The lowest BCUT2D eigenvalue weighted by Crippen LogP contribution is -2.79. The van der Waals surface area contributed by atoms with Crippen LogP contribution in [0.25, 0.3) is 0 Å². The Hall–Kier alpha value is -2.31. The molecule has 0 bridgehead atoms. The van der Waals surface area contributed by atoms with E-state index in [-0.39, 0.29) is 0 Å². The van der Waals surface area contributed by atoms with Crippen molar-refractivity contribution in [3.63, 3.8) is 0 Å². The van der Waals surface area contributed by atoms with Gasteiger partial charge < -0.3 is 0 Å². The second kappa shape index (κ2) is 11.1. The van der Waals surface area contributed by atoms with Crippen LogP contribution in [0, 0.1) is 0 Å². The number of halogens is 33. The Bertz CT molecular complexity index is 1190. The van der Waals surface area contributed by atoms with Crippen LogP contribution in [-0.4, -0.2) is 95.5 Å². The highest BCUT2D eigenvalue weighted by Gasteiger charge is 3.01. The molecule has 0 aliphatic rings. The molecule has 0 spiro atoms. The molecule has 0 saturated carbocycles. The van der Waals surface area contributed by atoms with Crippen molar-refractivity contribution < 1.29 is 145 Å². The summed E-state index contributed by atoms with van der Waals surface area (Å²) < 4.78 is 433. The van der Waals surface area contributed by atoms with E-state index in [1.165, 1.54) is 0 Å². The monoisotopic (exact) mass is 820 g/mol. The fourth-order valence-corrected chi connectivity index (χ4v) is 2.72. The molecule has 0 amide bonds. The van der Waals surface area contributed by atoms with Crippen molar-refractivity contribution in [2.24, 2.45) is 0 Å². The maximum atomic E-state index is 13.7. The van der Waals surface area contributed by atoms with Crippen molar-refractivity contribution >= 4 is 0 Å². The number of hydrogen-bond donors (Lipinski definition) is 0. The van der Waals surface area contributed by atoms with Gasteiger partial charge in [0.1, 0.15) is 0 Å². The van der Waals surface area contributed by atoms with Crippen molar-refractivity contribution in [2.75, 3.05) is 0 Å². The molecule has 0 aromatic carbocycles. The van der Waals surface area contributed by atoms with Gasteiger partial charge in [0.15, 0.2) is 0 Å². The Balaban J connectivity index is 7.62. The van der Waals surface area contributed by atoms with Crippen LogP contribution in [0.15, 0.2) is 0 Å². The summed E-state index contributed by atoms with van der Waals surface area (Å²) in [7, 11) is 0. The Morgan fingerprint density at radius 3 is 0.490 bits per heavy atom. The first-order valence-corrected chi connectivity index (χ1v) is 10.1. The Morgan fingerprint density at radius 1 is 0.204 bits per heavy atom. The van der Waals surface area contributed by atoms with Gasteiger partial charge in [-0.15, -0.1) is 0 Å². The summed E-state index contributed by atoms with van der Waals surface area (Å²) in [6, 6.07) is 0. The average molecular weight is 820 g/mol. The van der Waals surface area contributed by atoms with Crippen LogP contribution in [0.1, 0.15) is 0 Å². The van der Waals surface area contributed by atoms with Crippen LogP contribution in [0.5, 0.6) is 0 Å². The van der Waals surface area contributed by atoms with Crippen LogP contribution >= 0.6 is 0 Å². The predicted molar refractivity (Wildman–Crippen MR) is 81.3 cm³/mol. The van der Waals surface area contributed by atoms with Crippen LogP contribution in [-0.2, 0) is 0 Å². The molecule has 0 saturated heterocycles. The van der Waals surface area contributed by atoms with E-state index < -0.39 is 95.5 Å². The highest BCUT2D eigenvalue weighted by Crippen LogP contribution is 2.69. The standard InChI is InChI=1S/C16HF33/c17-1(3(20,21)22)2(18,19)4(23,24)5(25,26)6(27,28)7(29,30)8(31,32)9(33,34)10(35,36)11(37,38)12(39,40)13(41,42)14(43,44)15(45,46)16(47,48)49/h1H. The quantitative estimate of drug-likeness (QED) is 0.162. The fraction of sp³-hybridized carbons (Fsp3) is 1.00. The third kappa shape index (κ3) is 5.43. The van der Waals surface area contributed by atoms with E-state index in [0.29, 0.717) is 0 Å². The number of hydrogen-bond acceptors (Lipinski definition) is 0. The zero-order valence-corrected chi connectivity index (χ0v) is 20.6. The summed E-state index contributed by atoms with van der Waals surface area (Å²) in [4.78, 5) is 0. The molecule has 0 aliphatic heterocycles. The van der Waals surface area contributed by atoms with Crippen LogP contribution in [0.3, 0.4) is 0 Å². The second-order valence-electron chi connectivity index (χ2n) is 8.92. The second-order valence-corrected chi connectivity index (χ2v) is 8.92. The molecule has 0 N–H and O–H groups in total. The fourth-order valence-electron chi connectivity index (χ4n) is 2.72. The van der Waals surface area contributed by atoms with Gasteiger partial charge in [-0.25, -0.2) is 4.39 Å². The van der Waals surface area contributed by atoms with Crippen LogP contribution in [0.2, 0.25) is 0 Å². The molecule has 296 valence electrons. The maximum absolute atomic E-state index is 13.7. The first-order valence-electron chi connectivity index (χ1n) is 10.1. The third-order valence-corrected chi connectivity index (χ3v) is 5.72. The Morgan fingerprint density at radius 2 is 0.347 bits per heavy atom. The summed E-state index contributed by atoms with van der Waals surface area (Å²) in [5, 5.41) is 0. The van der Waals surface area contributed by atoms with E-state index in [4.69, 9.17) is 0 Å². The smallest absolute Gasteiger partial charge is 0.230 e. The minimum atomic E-state index is -10.2. The van der Waals surface area contributed by atoms with Gasteiger partial charge in [0.25, 0.3) is 6.17 Å². The molecule has 0 heterocycles. The van der Waals surface area contributed by atoms with Gasteiger partial charge in [-0.1, -0.05) is 0 Å². The average Bonchev–Trinajstić information content (AvgIpc) is 2.85. The highest BCUT2D eigenvalue weighted by molar-refractivity contribution is 5.21. The minimum absolute atomic E-state index is 6.97. The highest BCUT2D eigenvalue weighted by atomic mass is 19.4. The molecule has 0 nitrogen and oxygen atoms in total. The zero-order valence-electron chi connectivity index (χ0n) is 20.6. The van der Waals surface area contributed by atoms with Crippen LogP contribution < -0.4 is 0 Å². The molecule has 1 atom stereocenters. The van der Waals surface area contributed by atoms with E-state index in [2.05, 4.69) is 0 Å². The van der Waals surface area contributed by atoms with Crippen LogP contribution in [0.4, 0.5) is 145 Å². The van der Waals surface area contributed by atoms with E-state index in [1.807, 2.05) is 0 Å². The van der Waals surface area contributed by atoms with Crippen molar-refractivity contribution in [2.45, 2.75) is 95.5 Å². The largest absolute Gasteiger partial charge is 0.460 e. The summed E-state index contributed by atoms with van der Waals surface area (Å²) >= 11 is 0. The molecular formula is C16HF33. The SMILES string of the molecule is FC(C(F)(F)F)C(F)(F)C(F)(F)C(F)(F)C(F)(F)C(F)(F)C(F)(F)C(F)(F)C(F)(F)C(F)(F)C(F)(F)C(F)(F)C(F)(F)C(F)(F)C(F)(F)F. The molecule has 0 aromatic rings. The molecule has 0 aromatic heterocycles. The van der Waals surface area contributed by atoms with Gasteiger partial charge in [0.2, 0.25) is 0 Å². The lowest BCUT2D eigenvalue weighted by Gasteiger charge is -2.46. The van der Waals surface area contributed by atoms with E-state index in [0.717, 1.165) is 0 Å². The third-order valence-electron chi connectivity index (χ3n) is 5.72. The molecule has 33 heteroatoms.